The van der Waals surface area contributed by atoms with E-state index in [9.17, 15) is 0 Å². The first-order chi connectivity index (χ1) is 9.72. The maximum absolute atomic E-state index is 6.15. The molecule has 4 heteroatoms. The average molecular weight is 297 g/mol. The number of anilines is 1. The second-order valence-corrected chi connectivity index (χ2v) is 5.84. The van der Waals surface area contributed by atoms with Gasteiger partial charge in [0.15, 0.2) is 0 Å². The van der Waals surface area contributed by atoms with E-state index in [0.29, 0.717) is 6.04 Å². The lowest BCUT2D eigenvalue weighted by molar-refractivity contribution is 0.0854. The Labute approximate surface area is 127 Å². The van der Waals surface area contributed by atoms with Crippen molar-refractivity contribution in [1.29, 1.82) is 0 Å². The van der Waals surface area contributed by atoms with Crippen LogP contribution in [0.5, 0.6) is 0 Å². The highest BCUT2D eigenvalue weighted by Gasteiger charge is 2.20. The molecule has 1 aliphatic heterocycles. The molecule has 1 saturated heterocycles. The number of benzene rings is 1. The van der Waals surface area contributed by atoms with Gasteiger partial charge in [0.05, 0.1) is 0 Å². The van der Waals surface area contributed by atoms with Crippen LogP contribution in [0.3, 0.4) is 0 Å². The van der Waals surface area contributed by atoms with E-state index in [1.807, 2.05) is 6.07 Å². The van der Waals surface area contributed by atoms with Crippen LogP contribution < -0.4 is 10.2 Å². The Balaban J connectivity index is 2.11. The van der Waals surface area contributed by atoms with Crippen molar-refractivity contribution in [3.8, 4) is 0 Å². The fourth-order valence-electron chi connectivity index (χ4n) is 2.71. The van der Waals surface area contributed by atoms with Gasteiger partial charge in [-0.05, 0) is 49.6 Å². The zero-order valence-electron chi connectivity index (χ0n) is 12.5. The van der Waals surface area contributed by atoms with E-state index in [2.05, 4.69) is 36.3 Å². The van der Waals surface area contributed by atoms with Crippen molar-refractivity contribution in [2.45, 2.75) is 38.8 Å². The predicted octanol–water partition coefficient (Wildman–Crippen LogP) is 3.45. The van der Waals surface area contributed by atoms with Gasteiger partial charge >= 0.3 is 0 Å². The molecular weight excluding hydrogens is 272 g/mol. The number of nitrogens with zero attached hydrogens (tertiary/aromatic N) is 1. The van der Waals surface area contributed by atoms with Gasteiger partial charge in [0.1, 0.15) is 0 Å². The first-order valence-corrected chi connectivity index (χ1v) is 7.90. The lowest BCUT2D eigenvalue weighted by Crippen LogP contribution is -2.37. The Hall–Kier alpha value is -0.770. The zero-order chi connectivity index (χ0) is 14.4. The highest BCUT2D eigenvalue weighted by atomic mass is 35.5. The number of rotatable bonds is 6. The number of ether oxygens (including phenoxy) is 1. The summed E-state index contributed by atoms with van der Waals surface area (Å²) in [4.78, 5) is 2.39. The van der Waals surface area contributed by atoms with Crippen LogP contribution in [0, 0.1) is 0 Å². The van der Waals surface area contributed by atoms with Gasteiger partial charge in [-0.1, -0.05) is 18.5 Å². The first kappa shape index (κ1) is 15.6. The molecule has 112 valence electrons. The lowest BCUT2D eigenvalue weighted by atomic mass is 10.0. The quantitative estimate of drug-likeness (QED) is 0.814. The molecule has 20 heavy (non-hydrogen) atoms. The summed E-state index contributed by atoms with van der Waals surface area (Å²) >= 11 is 6.15. The van der Waals surface area contributed by atoms with Crippen LogP contribution in [0.2, 0.25) is 5.02 Å². The van der Waals surface area contributed by atoms with Crippen LogP contribution in [-0.2, 0) is 11.3 Å². The fraction of sp³-hybridized carbons (Fsp3) is 0.625. The Morgan fingerprint density at radius 3 is 2.80 bits per heavy atom. The van der Waals surface area contributed by atoms with E-state index in [1.54, 1.807) is 0 Å². The number of hydrogen-bond acceptors (Lipinski definition) is 3. The molecule has 0 spiro atoms. The van der Waals surface area contributed by atoms with Crippen molar-refractivity contribution in [1.82, 2.24) is 5.32 Å². The smallest absolute Gasteiger partial charge is 0.0485 e. The summed E-state index contributed by atoms with van der Waals surface area (Å²) in [6.45, 7) is 5.82. The van der Waals surface area contributed by atoms with E-state index in [4.69, 9.17) is 16.3 Å². The lowest BCUT2D eigenvalue weighted by Gasteiger charge is -2.34. The average Bonchev–Trinajstić information content (AvgIpc) is 2.48. The van der Waals surface area contributed by atoms with Crippen molar-refractivity contribution in [3.05, 3.63) is 28.8 Å². The van der Waals surface area contributed by atoms with Crippen molar-refractivity contribution < 1.29 is 4.74 Å². The standard InChI is InChI=1S/C16H25ClN2O/c1-3-8-18-12-13-11-14(17)4-5-16(13)19(2)15-6-9-20-10-7-15/h4-5,11,15,18H,3,6-10,12H2,1-2H3. The van der Waals surface area contributed by atoms with E-state index in [1.165, 1.54) is 11.3 Å². The Bertz CT molecular complexity index is 419. The molecule has 1 fully saturated rings. The third-order valence-corrected chi connectivity index (χ3v) is 4.14. The summed E-state index contributed by atoms with van der Waals surface area (Å²) in [6, 6.07) is 6.77. The minimum absolute atomic E-state index is 0.565. The van der Waals surface area contributed by atoms with Gasteiger partial charge in [-0.15, -0.1) is 0 Å². The summed E-state index contributed by atoms with van der Waals surface area (Å²) in [5.74, 6) is 0. The van der Waals surface area contributed by atoms with Crippen LogP contribution in [0.25, 0.3) is 0 Å². The van der Waals surface area contributed by atoms with E-state index < -0.39 is 0 Å². The number of halogens is 1. The summed E-state index contributed by atoms with van der Waals surface area (Å²) in [6.07, 6.45) is 3.34. The summed E-state index contributed by atoms with van der Waals surface area (Å²) in [5, 5.41) is 4.27. The SMILES string of the molecule is CCCNCc1cc(Cl)ccc1N(C)C1CCOCC1. The van der Waals surface area contributed by atoms with E-state index in [0.717, 1.165) is 50.6 Å². The molecule has 0 radical (unpaired) electrons. The molecule has 1 aliphatic rings. The molecule has 1 aromatic rings. The third kappa shape index (κ3) is 4.11. The van der Waals surface area contributed by atoms with Crippen molar-refractivity contribution in [2.24, 2.45) is 0 Å². The largest absolute Gasteiger partial charge is 0.381 e. The van der Waals surface area contributed by atoms with Crippen molar-refractivity contribution >= 4 is 17.3 Å². The fourth-order valence-corrected chi connectivity index (χ4v) is 2.90. The second kappa shape index (κ2) is 7.87. The molecule has 0 bridgehead atoms. The third-order valence-electron chi connectivity index (χ3n) is 3.90. The maximum Gasteiger partial charge on any atom is 0.0485 e. The van der Waals surface area contributed by atoms with Gasteiger partial charge in [-0.3, -0.25) is 0 Å². The van der Waals surface area contributed by atoms with Gasteiger partial charge in [0.2, 0.25) is 0 Å². The maximum atomic E-state index is 6.15. The molecule has 0 amide bonds. The number of nitrogens with one attached hydrogen (secondary N) is 1. The molecule has 0 unspecified atom stereocenters. The Morgan fingerprint density at radius 2 is 2.10 bits per heavy atom. The van der Waals surface area contributed by atoms with Crippen LogP contribution >= 0.6 is 11.6 Å². The topological polar surface area (TPSA) is 24.5 Å². The molecule has 1 N–H and O–H groups in total. The van der Waals surface area contributed by atoms with Gasteiger partial charge in [0.25, 0.3) is 0 Å². The highest BCUT2D eigenvalue weighted by molar-refractivity contribution is 6.30. The molecule has 3 nitrogen and oxygen atoms in total. The summed E-state index contributed by atoms with van der Waals surface area (Å²) < 4.78 is 5.45. The van der Waals surface area contributed by atoms with E-state index in [-0.39, 0.29) is 0 Å². The molecule has 0 atom stereocenters. The molecular formula is C16H25ClN2O. The van der Waals surface area contributed by atoms with Crippen molar-refractivity contribution in [2.75, 3.05) is 31.7 Å². The van der Waals surface area contributed by atoms with Gasteiger partial charge in [0, 0.05) is 43.6 Å². The predicted molar refractivity (Wildman–Crippen MR) is 85.7 cm³/mol. The van der Waals surface area contributed by atoms with Gasteiger partial charge in [-0.25, -0.2) is 0 Å². The Kier molecular flexibility index (Phi) is 6.14. The van der Waals surface area contributed by atoms with Crippen molar-refractivity contribution in [3.63, 3.8) is 0 Å². The molecule has 1 aromatic carbocycles. The molecule has 2 rings (SSSR count). The van der Waals surface area contributed by atoms with Crippen LogP contribution in [-0.4, -0.2) is 32.8 Å². The summed E-state index contributed by atoms with van der Waals surface area (Å²) in [5.41, 5.74) is 2.56. The van der Waals surface area contributed by atoms with Gasteiger partial charge < -0.3 is 15.0 Å². The highest BCUT2D eigenvalue weighted by Crippen LogP contribution is 2.27. The van der Waals surface area contributed by atoms with E-state index >= 15 is 0 Å². The molecule has 0 aliphatic carbocycles. The molecule has 1 heterocycles. The van der Waals surface area contributed by atoms with Gasteiger partial charge in [-0.2, -0.15) is 0 Å². The normalized spacial score (nSPS) is 16.4. The molecule has 0 saturated carbocycles. The first-order valence-electron chi connectivity index (χ1n) is 7.52. The molecule has 0 aromatic heterocycles. The van der Waals surface area contributed by atoms with Crippen LogP contribution in [0.15, 0.2) is 18.2 Å². The van der Waals surface area contributed by atoms with Crippen LogP contribution in [0.1, 0.15) is 31.7 Å². The zero-order valence-corrected chi connectivity index (χ0v) is 13.2. The second-order valence-electron chi connectivity index (χ2n) is 5.40. The minimum atomic E-state index is 0.565. The van der Waals surface area contributed by atoms with Crippen LogP contribution in [0.4, 0.5) is 5.69 Å². The number of hydrogen-bond donors (Lipinski definition) is 1. The Morgan fingerprint density at radius 1 is 1.35 bits per heavy atom. The summed E-state index contributed by atoms with van der Waals surface area (Å²) in [7, 11) is 2.18. The minimum Gasteiger partial charge on any atom is -0.381 e. The monoisotopic (exact) mass is 296 g/mol.